The van der Waals surface area contributed by atoms with Crippen LogP contribution in [0.4, 0.5) is 4.79 Å². The topological polar surface area (TPSA) is 55.6 Å². The van der Waals surface area contributed by atoms with Crippen molar-refractivity contribution in [3.05, 3.63) is 0 Å². The van der Waals surface area contributed by atoms with Gasteiger partial charge >= 0.3 is 6.09 Å². The van der Waals surface area contributed by atoms with E-state index in [0.717, 1.165) is 19.5 Å². The molecule has 2 aliphatic rings. The lowest BCUT2D eigenvalue weighted by Gasteiger charge is -2.42. The summed E-state index contributed by atoms with van der Waals surface area (Å²) in [7, 11) is 0. The fourth-order valence-corrected chi connectivity index (χ4v) is 2.76. The van der Waals surface area contributed by atoms with E-state index in [1.807, 2.05) is 25.7 Å². The Kier molecular flexibility index (Phi) is 2.65. The summed E-state index contributed by atoms with van der Waals surface area (Å²) in [5, 5.41) is 0. The quantitative estimate of drug-likeness (QED) is 0.738. The van der Waals surface area contributed by atoms with Crippen molar-refractivity contribution in [1.29, 1.82) is 0 Å². The molecule has 4 heteroatoms. The maximum atomic E-state index is 11.9. The van der Waals surface area contributed by atoms with Crippen LogP contribution in [0.5, 0.6) is 0 Å². The lowest BCUT2D eigenvalue weighted by atomic mass is 9.62. The Balaban J connectivity index is 1.96. The van der Waals surface area contributed by atoms with Crippen molar-refractivity contribution >= 4 is 6.09 Å². The van der Waals surface area contributed by atoms with E-state index in [4.69, 9.17) is 10.5 Å². The van der Waals surface area contributed by atoms with Crippen LogP contribution >= 0.6 is 0 Å². The Labute approximate surface area is 97.1 Å². The number of nitrogens with zero attached hydrogens (tertiary/aromatic N) is 1. The molecular formula is C12H22N2O2. The number of carbonyl (C=O) groups is 1. The number of hydrogen-bond acceptors (Lipinski definition) is 3. The Morgan fingerprint density at radius 2 is 2.25 bits per heavy atom. The highest BCUT2D eigenvalue weighted by atomic mass is 16.6. The smallest absolute Gasteiger partial charge is 0.410 e. The van der Waals surface area contributed by atoms with Crippen LogP contribution in [-0.2, 0) is 4.74 Å². The monoisotopic (exact) mass is 226 g/mol. The van der Waals surface area contributed by atoms with Crippen LogP contribution < -0.4 is 5.73 Å². The van der Waals surface area contributed by atoms with Gasteiger partial charge in [-0.3, -0.25) is 0 Å². The highest BCUT2D eigenvalue weighted by Gasteiger charge is 2.53. The first-order chi connectivity index (χ1) is 7.36. The van der Waals surface area contributed by atoms with Gasteiger partial charge in [0.1, 0.15) is 5.60 Å². The van der Waals surface area contributed by atoms with Crippen LogP contribution in [0.1, 0.15) is 33.6 Å². The number of fused-ring (bicyclic) bond motifs is 1. The van der Waals surface area contributed by atoms with Gasteiger partial charge in [0.2, 0.25) is 0 Å². The first-order valence-electron chi connectivity index (χ1n) is 6.04. The van der Waals surface area contributed by atoms with Crippen molar-refractivity contribution < 1.29 is 9.53 Å². The normalized spacial score (nSPS) is 33.2. The molecule has 1 amide bonds. The molecule has 2 N–H and O–H groups in total. The summed E-state index contributed by atoms with van der Waals surface area (Å²) in [6.45, 7) is 7.99. The van der Waals surface area contributed by atoms with Gasteiger partial charge in [-0.2, -0.15) is 0 Å². The number of rotatable bonds is 1. The number of ether oxygens (including phenoxy) is 1. The molecule has 2 fully saturated rings. The number of nitrogens with two attached hydrogens (primary N) is 1. The Morgan fingerprint density at radius 1 is 1.56 bits per heavy atom. The van der Waals surface area contributed by atoms with Gasteiger partial charge < -0.3 is 15.4 Å². The number of carbonyl (C=O) groups excluding carboxylic acids is 1. The van der Waals surface area contributed by atoms with E-state index in [9.17, 15) is 4.79 Å². The molecule has 1 heterocycles. The number of amides is 1. The predicted molar refractivity (Wildman–Crippen MR) is 62.0 cm³/mol. The molecule has 1 saturated heterocycles. The maximum absolute atomic E-state index is 11.9. The number of likely N-dealkylation sites (tertiary alicyclic amines) is 1. The van der Waals surface area contributed by atoms with Crippen molar-refractivity contribution in [2.45, 2.75) is 39.2 Å². The van der Waals surface area contributed by atoms with E-state index < -0.39 is 5.60 Å². The highest BCUT2D eigenvalue weighted by molar-refractivity contribution is 5.68. The van der Waals surface area contributed by atoms with E-state index in [0.29, 0.717) is 12.5 Å². The van der Waals surface area contributed by atoms with Crippen LogP contribution in [0.2, 0.25) is 0 Å². The van der Waals surface area contributed by atoms with Crippen LogP contribution in [0, 0.1) is 11.3 Å². The zero-order chi connectivity index (χ0) is 12.0. The van der Waals surface area contributed by atoms with Gasteiger partial charge in [-0.05, 0) is 46.1 Å². The summed E-state index contributed by atoms with van der Waals surface area (Å²) in [4.78, 5) is 13.7. The minimum Gasteiger partial charge on any atom is -0.444 e. The largest absolute Gasteiger partial charge is 0.444 e. The van der Waals surface area contributed by atoms with E-state index in [1.54, 1.807) is 0 Å². The molecular weight excluding hydrogens is 204 g/mol. The van der Waals surface area contributed by atoms with Gasteiger partial charge in [-0.15, -0.1) is 0 Å². The molecule has 0 aromatic carbocycles. The molecule has 16 heavy (non-hydrogen) atoms. The average Bonchev–Trinajstić information content (AvgIpc) is 2.37. The number of hydrogen-bond donors (Lipinski definition) is 1. The third-order valence-electron chi connectivity index (χ3n) is 3.86. The second-order valence-corrected chi connectivity index (χ2v) is 6.16. The SMILES string of the molecule is CC(C)(C)OC(=O)N1CC2CCC2(CN)C1. The maximum Gasteiger partial charge on any atom is 0.410 e. The van der Waals surface area contributed by atoms with Crippen LogP contribution in [-0.4, -0.2) is 36.2 Å². The first kappa shape index (κ1) is 11.7. The fourth-order valence-electron chi connectivity index (χ4n) is 2.76. The highest BCUT2D eigenvalue weighted by Crippen LogP contribution is 2.51. The zero-order valence-electron chi connectivity index (χ0n) is 10.5. The van der Waals surface area contributed by atoms with E-state index in [-0.39, 0.29) is 11.5 Å². The minimum atomic E-state index is -0.408. The molecule has 0 bridgehead atoms. The van der Waals surface area contributed by atoms with Crippen molar-refractivity contribution in [2.75, 3.05) is 19.6 Å². The molecule has 1 saturated carbocycles. The van der Waals surface area contributed by atoms with Gasteiger partial charge in [0.05, 0.1) is 0 Å². The molecule has 2 unspecified atom stereocenters. The summed E-state index contributed by atoms with van der Waals surface area (Å²) in [5.41, 5.74) is 5.62. The Morgan fingerprint density at radius 3 is 2.62 bits per heavy atom. The summed E-state index contributed by atoms with van der Waals surface area (Å²) >= 11 is 0. The van der Waals surface area contributed by atoms with Crippen molar-refractivity contribution in [3.8, 4) is 0 Å². The first-order valence-corrected chi connectivity index (χ1v) is 6.04. The van der Waals surface area contributed by atoms with E-state index in [1.165, 1.54) is 6.42 Å². The lowest BCUT2D eigenvalue weighted by Crippen LogP contribution is -2.45. The van der Waals surface area contributed by atoms with E-state index in [2.05, 4.69) is 0 Å². The minimum absolute atomic E-state index is 0.185. The van der Waals surface area contributed by atoms with Crippen molar-refractivity contribution in [3.63, 3.8) is 0 Å². The Hall–Kier alpha value is -0.770. The van der Waals surface area contributed by atoms with Crippen LogP contribution in [0.15, 0.2) is 0 Å². The summed E-state index contributed by atoms with van der Waals surface area (Å²) in [6, 6.07) is 0. The van der Waals surface area contributed by atoms with E-state index >= 15 is 0 Å². The third-order valence-corrected chi connectivity index (χ3v) is 3.86. The molecule has 92 valence electrons. The zero-order valence-corrected chi connectivity index (χ0v) is 10.5. The summed E-state index contributed by atoms with van der Waals surface area (Å²) in [5.74, 6) is 0.602. The Bertz CT molecular complexity index is 294. The third kappa shape index (κ3) is 1.90. The fraction of sp³-hybridized carbons (Fsp3) is 0.917. The standard InChI is InChI=1S/C12H22N2O2/c1-11(2,3)16-10(15)14-6-9-4-5-12(9,7-13)8-14/h9H,4-8,13H2,1-3H3. The van der Waals surface area contributed by atoms with Crippen molar-refractivity contribution in [1.82, 2.24) is 4.90 Å². The van der Waals surface area contributed by atoms with Gasteiger partial charge in [0.25, 0.3) is 0 Å². The molecule has 0 aromatic rings. The van der Waals surface area contributed by atoms with Gasteiger partial charge in [0, 0.05) is 18.5 Å². The predicted octanol–water partition coefficient (Wildman–Crippen LogP) is 1.59. The molecule has 2 atom stereocenters. The lowest BCUT2D eigenvalue weighted by molar-refractivity contribution is 0.0272. The average molecular weight is 226 g/mol. The molecule has 1 aliphatic heterocycles. The molecule has 1 aliphatic carbocycles. The molecule has 0 radical (unpaired) electrons. The summed E-state index contributed by atoms with van der Waals surface area (Å²) in [6.07, 6.45) is 2.18. The van der Waals surface area contributed by atoms with Gasteiger partial charge in [-0.1, -0.05) is 0 Å². The van der Waals surface area contributed by atoms with Gasteiger partial charge in [0.15, 0.2) is 0 Å². The second kappa shape index (κ2) is 3.62. The molecule has 0 spiro atoms. The summed E-state index contributed by atoms with van der Waals surface area (Å²) < 4.78 is 5.38. The second-order valence-electron chi connectivity index (χ2n) is 6.16. The van der Waals surface area contributed by atoms with Crippen LogP contribution in [0.25, 0.3) is 0 Å². The van der Waals surface area contributed by atoms with Crippen molar-refractivity contribution in [2.24, 2.45) is 17.1 Å². The molecule has 2 rings (SSSR count). The molecule has 0 aromatic heterocycles. The van der Waals surface area contributed by atoms with Crippen LogP contribution in [0.3, 0.4) is 0 Å². The van der Waals surface area contributed by atoms with Gasteiger partial charge in [-0.25, -0.2) is 4.79 Å². The molecule has 4 nitrogen and oxygen atoms in total.